The zero-order valence-corrected chi connectivity index (χ0v) is 6.76. The summed E-state index contributed by atoms with van der Waals surface area (Å²) in [5.74, 6) is 0.647. The van der Waals surface area contributed by atoms with E-state index < -0.39 is 0 Å². The van der Waals surface area contributed by atoms with Gasteiger partial charge in [-0.1, -0.05) is 18.5 Å². The molecule has 0 amide bonds. The number of oxime groups is 1. The van der Waals surface area contributed by atoms with Gasteiger partial charge in [-0.15, -0.1) is 0 Å². The smallest absolute Gasteiger partial charge is 0.106 e. The van der Waals surface area contributed by atoms with E-state index in [2.05, 4.69) is 12.1 Å². The van der Waals surface area contributed by atoms with Gasteiger partial charge in [-0.05, 0) is 25.2 Å². The summed E-state index contributed by atoms with van der Waals surface area (Å²) >= 11 is 0. The van der Waals surface area contributed by atoms with E-state index in [1.54, 1.807) is 7.11 Å². The Morgan fingerprint density at radius 3 is 2.90 bits per heavy atom. The van der Waals surface area contributed by atoms with Crippen molar-refractivity contribution in [1.29, 1.82) is 0 Å². The van der Waals surface area contributed by atoms with Crippen molar-refractivity contribution in [2.45, 2.75) is 32.6 Å². The molecule has 0 spiro atoms. The number of nitrogens with zero attached hydrogens (tertiary/aromatic N) is 1. The molecule has 0 heterocycles. The van der Waals surface area contributed by atoms with Gasteiger partial charge in [0.1, 0.15) is 7.11 Å². The molecule has 0 bridgehead atoms. The molecule has 58 valence electrons. The Morgan fingerprint density at radius 1 is 1.50 bits per heavy atom. The molecule has 2 heteroatoms. The fourth-order valence-electron chi connectivity index (χ4n) is 1.42. The lowest BCUT2D eigenvalue weighted by molar-refractivity contribution is 0.209. The summed E-state index contributed by atoms with van der Waals surface area (Å²) < 4.78 is 0. The summed E-state index contributed by atoms with van der Waals surface area (Å²) in [5.41, 5.74) is 1.24. The Kier molecular flexibility index (Phi) is 2.72. The average Bonchev–Trinajstić information content (AvgIpc) is 1.94. The van der Waals surface area contributed by atoms with Crippen LogP contribution in [0.2, 0.25) is 0 Å². The first-order valence-electron chi connectivity index (χ1n) is 3.94. The molecule has 2 nitrogen and oxygen atoms in total. The van der Waals surface area contributed by atoms with Gasteiger partial charge in [-0.3, -0.25) is 0 Å². The van der Waals surface area contributed by atoms with Crippen molar-refractivity contribution in [3.8, 4) is 0 Å². The lowest BCUT2D eigenvalue weighted by Gasteiger charge is -2.18. The minimum Gasteiger partial charge on any atom is -0.399 e. The monoisotopic (exact) mass is 141 g/mol. The van der Waals surface area contributed by atoms with Gasteiger partial charge in [-0.25, -0.2) is 0 Å². The summed E-state index contributed by atoms with van der Waals surface area (Å²) in [6, 6.07) is 0. The Morgan fingerprint density at radius 2 is 2.30 bits per heavy atom. The molecule has 0 aromatic heterocycles. The van der Waals surface area contributed by atoms with Crippen LogP contribution in [0.1, 0.15) is 32.6 Å². The topological polar surface area (TPSA) is 21.6 Å². The van der Waals surface area contributed by atoms with E-state index in [-0.39, 0.29) is 0 Å². The van der Waals surface area contributed by atoms with Crippen LogP contribution in [0, 0.1) is 5.92 Å². The Balaban J connectivity index is 2.47. The summed E-state index contributed by atoms with van der Waals surface area (Å²) in [4.78, 5) is 4.74. The van der Waals surface area contributed by atoms with Crippen molar-refractivity contribution >= 4 is 5.71 Å². The average molecular weight is 141 g/mol. The second-order valence-corrected chi connectivity index (χ2v) is 2.91. The Bertz CT molecular complexity index is 131. The molecule has 1 saturated carbocycles. The maximum Gasteiger partial charge on any atom is 0.106 e. The van der Waals surface area contributed by atoms with E-state index in [0.717, 1.165) is 6.42 Å². The van der Waals surface area contributed by atoms with Crippen molar-refractivity contribution in [3.05, 3.63) is 0 Å². The standard InChI is InChI=1S/C8H15NO/c1-7-5-3-4-6-8(7)9-10-2/h7H,3-6H2,1-2H3/b9-8-. The number of rotatable bonds is 1. The summed E-state index contributed by atoms with van der Waals surface area (Å²) in [7, 11) is 1.62. The highest BCUT2D eigenvalue weighted by molar-refractivity contribution is 5.86. The summed E-state index contributed by atoms with van der Waals surface area (Å²) in [5, 5.41) is 3.98. The van der Waals surface area contributed by atoms with Crippen LogP contribution in [0.25, 0.3) is 0 Å². The van der Waals surface area contributed by atoms with Crippen LogP contribution in [0.3, 0.4) is 0 Å². The molecule has 0 saturated heterocycles. The zero-order chi connectivity index (χ0) is 7.40. The molecule has 0 N–H and O–H groups in total. The van der Waals surface area contributed by atoms with Gasteiger partial charge < -0.3 is 4.84 Å². The molecule has 0 aliphatic heterocycles. The molecule has 10 heavy (non-hydrogen) atoms. The molecule has 1 unspecified atom stereocenters. The molecule has 1 rings (SSSR count). The molecular weight excluding hydrogens is 126 g/mol. The summed E-state index contributed by atoms with van der Waals surface area (Å²) in [6.45, 7) is 2.22. The molecule has 1 fully saturated rings. The van der Waals surface area contributed by atoms with Crippen LogP contribution < -0.4 is 0 Å². The van der Waals surface area contributed by atoms with Crippen molar-refractivity contribution in [3.63, 3.8) is 0 Å². The third-order valence-corrected chi connectivity index (χ3v) is 2.10. The van der Waals surface area contributed by atoms with Gasteiger partial charge in [0.05, 0.1) is 5.71 Å². The van der Waals surface area contributed by atoms with Gasteiger partial charge in [0.2, 0.25) is 0 Å². The van der Waals surface area contributed by atoms with E-state index in [1.165, 1.54) is 25.0 Å². The van der Waals surface area contributed by atoms with Crippen LogP contribution in [0.4, 0.5) is 0 Å². The van der Waals surface area contributed by atoms with E-state index in [0.29, 0.717) is 5.92 Å². The summed E-state index contributed by atoms with van der Waals surface area (Å²) in [6.07, 6.45) is 5.05. The van der Waals surface area contributed by atoms with Crippen molar-refractivity contribution in [2.75, 3.05) is 7.11 Å². The second-order valence-electron chi connectivity index (χ2n) is 2.91. The lowest BCUT2D eigenvalue weighted by atomic mass is 9.89. The maximum absolute atomic E-state index is 4.74. The third kappa shape index (κ3) is 1.72. The van der Waals surface area contributed by atoms with Crippen molar-refractivity contribution in [1.82, 2.24) is 0 Å². The molecule has 0 aromatic rings. The SMILES string of the molecule is CO/N=C1/CCCCC1C. The molecule has 1 atom stereocenters. The van der Waals surface area contributed by atoms with Crippen molar-refractivity contribution < 1.29 is 4.84 Å². The van der Waals surface area contributed by atoms with Crippen molar-refractivity contribution in [2.24, 2.45) is 11.1 Å². The minimum absolute atomic E-state index is 0.647. The highest BCUT2D eigenvalue weighted by Gasteiger charge is 2.15. The highest BCUT2D eigenvalue weighted by atomic mass is 16.6. The normalized spacial score (nSPS) is 30.6. The molecule has 1 aliphatic rings. The minimum atomic E-state index is 0.647. The van der Waals surface area contributed by atoms with Gasteiger partial charge in [0, 0.05) is 0 Å². The van der Waals surface area contributed by atoms with Gasteiger partial charge in [-0.2, -0.15) is 0 Å². The maximum atomic E-state index is 4.74. The highest BCUT2D eigenvalue weighted by Crippen LogP contribution is 2.20. The predicted molar refractivity (Wildman–Crippen MR) is 42.1 cm³/mol. The third-order valence-electron chi connectivity index (χ3n) is 2.10. The van der Waals surface area contributed by atoms with E-state index in [9.17, 15) is 0 Å². The largest absolute Gasteiger partial charge is 0.399 e. The fourth-order valence-corrected chi connectivity index (χ4v) is 1.42. The predicted octanol–water partition coefficient (Wildman–Crippen LogP) is 2.20. The van der Waals surface area contributed by atoms with Crippen LogP contribution >= 0.6 is 0 Å². The second kappa shape index (κ2) is 3.59. The first kappa shape index (κ1) is 7.58. The first-order chi connectivity index (χ1) is 4.84. The molecule has 0 aromatic carbocycles. The number of hydrogen-bond acceptors (Lipinski definition) is 2. The fraction of sp³-hybridized carbons (Fsp3) is 0.875. The quantitative estimate of drug-likeness (QED) is 0.513. The molecule has 0 radical (unpaired) electrons. The van der Waals surface area contributed by atoms with E-state index >= 15 is 0 Å². The van der Waals surface area contributed by atoms with Gasteiger partial charge >= 0.3 is 0 Å². The Hall–Kier alpha value is -0.530. The van der Waals surface area contributed by atoms with E-state index in [1.807, 2.05) is 0 Å². The lowest BCUT2D eigenvalue weighted by Crippen LogP contribution is -2.16. The number of hydrogen-bond donors (Lipinski definition) is 0. The van der Waals surface area contributed by atoms with Crippen LogP contribution in [0.15, 0.2) is 5.16 Å². The zero-order valence-electron chi connectivity index (χ0n) is 6.76. The van der Waals surface area contributed by atoms with E-state index in [4.69, 9.17) is 4.84 Å². The molecule has 1 aliphatic carbocycles. The van der Waals surface area contributed by atoms with Gasteiger partial charge in [0.25, 0.3) is 0 Å². The van der Waals surface area contributed by atoms with Crippen LogP contribution in [0.5, 0.6) is 0 Å². The van der Waals surface area contributed by atoms with Crippen LogP contribution in [-0.2, 0) is 4.84 Å². The Labute approximate surface area is 62.3 Å². The van der Waals surface area contributed by atoms with Crippen LogP contribution in [-0.4, -0.2) is 12.8 Å². The molecular formula is C8H15NO. The van der Waals surface area contributed by atoms with Gasteiger partial charge in [0.15, 0.2) is 0 Å². The first-order valence-corrected chi connectivity index (χ1v) is 3.94.